The van der Waals surface area contributed by atoms with Gasteiger partial charge in [0.2, 0.25) is 0 Å². The van der Waals surface area contributed by atoms with Crippen LogP contribution in [0.1, 0.15) is 36.1 Å². The van der Waals surface area contributed by atoms with Gasteiger partial charge in [0.05, 0.1) is 29.7 Å². The maximum Gasteiger partial charge on any atom is 0.418 e. The molecule has 4 rings (SSSR count). The second-order valence-corrected chi connectivity index (χ2v) is 7.58. The van der Waals surface area contributed by atoms with Crippen LogP contribution in [0.5, 0.6) is 0 Å². The smallest absolute Gasteiger partial charge is 0.418 e. The summed E-state index contributed by atoms with van der Waals surface area (Å²) >= 11 is 0. The topological polar surface area (TPSA) is 78.6 Å². The van der Waals surface area contributed by atoms with Crippen molar-refractivity contribution in [3.05, 3.63) is 53.4 Å². The summed E-state index contributed by atoms with van der Waals surface area (Å²) in [4.78, 5) is 12.5. The molecule has 6 nitrogen and oxygen atoms in total. The van der Waals surface area contributed by atoms with E-state index in [1.807, 2.05) is 6.08 Å². The molecular weight excluding hydrogens is 387 g/mol. The molecule has 9 heteroatoms. The molecule has 1 spiro atoms. The van der Waals surface area contributed by atoms with Gasteiger partial charge in [0.15, 0.2) is 0 Å². The monoisotopic (exact) mass is 407 g/mol. The number of allylic oxidation sites excluding steroid dienone is 2. The van der Waals surface area contributed by atoms with E-state index in [-0.39, 0.29) is 17.7 Å². The van der Waals surface area contributed by atoms with Gasteiger partial charge in [0, 0.05) is 18.7 Å². The average molecular weight is 407 g/mol. The molecule has 0 unspecified atom stereocenters. The Labute approximate surface area is 164 Å². The minimum atomic E-state index is -4.53. The van der Waals surface area contributed by atoms with Gasteiger partial charge in [0.25, 0.3) is 0 Å². The lowest BCUT2D eigenvalue weighted by Crippen LogP contribution is -2.44. The van der Waals surface area contributed by atoms with Gasteiger partial charge in [-0.15, -0.1) is 0 Å². The van der Waals surface area contributed by atoms with E-state index < -0.39 is 17.8 Å². The Kier molecular flexibility index (Phi) is 4.65. The number of halogens is 3. The molecule has 0 bridgehead atoms. The van der Waals surface area contributed by atoms with Gasteiger partial charge in [-0.05, 0) is 42.4 Å². The number of alkyl halides is 3. The summed E-state index contributed by atoms with van der Waals surface area (Å²) in [6.45, 7) is 0.533. The van der Waals surface area contributed by atoms with Crippen molar-refractivity contribution < 1.29 is 28.2 Å². The first-order valence-electron chi connectivity index (χ1n) is 9.28. The first kappa shape index (κ1) is 19.5. The van der Waals surface area contributed by atoms with E-state index in [9.17, 15) is 23.1 Å². The summed E-state index contributed by atoms with van der Waals surface area (Å²) in [6.07, 6.45) is -0.107. The van der Waals surface area contributed by atoms with Crippen molar-refractivity contribution in [2.24, 2.45) is 5.41 Å². The number of aliphatic hydroxyl groups excluding tert-OH is 1. The highest BCUT2D eigenvalue weighted by molar-refractivity contribution is 5.74. The van der Waals surface area contributed by atoms with Gasteiger partial charge in [-0.3, -0.25) is 0 Å². The van der Waals surface area contributed by atoms with Crippen LogP contribution in [0.4, 0.5) is 18.0 Å². The van der Waals surface area contributed by atoms with Crippen LogP contribution in [-0.4, -0.2) is 44.1 Å². The van der Waals surface area contributed by atoms with Gasteiger partial charge in [-0.2, -0.15) is 18.3 Å². The van der Waals surface area contributed by atoms with E-state index >= 15 is 0 Å². The summed E-state index contributed by atoms with van der Waals surface area (Å²) in [7, 11) is 0. The van der Waals surface area contributed by atoms with Crippen LogP contribution in [0, 0.1) is 5.41 Å². The third-order valence-corrected chi connectivity index (χ3v) is 5.81. The van der Waals surface area contributed by atoms with Gasteiger partial charge in [-0.25, -0.2) is 9.48 Å². The highest BCUT2D eigenvalue weighted by Gasteiger charge is 2.42. The number of nitrogens with zero attached hydrogens (tertiary/aromatic N) is 3. The van der Waals surface area contributed by atoms with Crippen molar-refractivity contribution in [2.75, 3.05) is 13.1 Å². The quantitative estimate of drug-likeness (QED) is 0.808. The predicted molar refractivity (Wildman–Crippen MR) is 98.3 cm³/mol. The Morgan fingerprint density at radius 3 is 2.45 bits per heavy atom. The van der Waals surface area contributed by atoms with E-state index in [2.05, 4.69) is 5.10 Å². The Balaban J connectivity index is 1.70. The summed E-state index contributed by atoms with van der Waals surface area (Å²) in [5.41, 5.74) is 0.747. The molecular formula is C20H20F3N3O3. The Hall–Kier alpha value is -2.81. The zero-order valence-corrected chi connectivity index (χ0v) is 15.5. The van der Waals surface area contributed by atoms with Gasteiger partial charge < -0.3 is 15.1 Å². The van der Waals surface area contributed by atoms with E-state index in [1.54, 1.807) is 0 Å². The number of carbonyl (C=O) groups is 1. The minimum absolute atomic E-state index is 0.0859. The zero-order valence-electron chi connectivity index (χ0n) is 15.5. The van der Waals surface area contributed by atoms with Crippen LogP contribution in [0.15, 0.2) is 36.5 Å². The number of piperidine rings is 1. The van der Waals surface area contributed by atoms with Crippen molar-refractivity contribution in [1.82, 2.24) is 14.7 Å². The average Bonchev–Trinajstić information content (AvgIpc) is 3.09. The molecule has 2 heterocycles. The molecule has 1 aliphatic carbocycles. The normalized spacial score (nSPS) is 18.5. The number of benzene rings is 1. The fourth-order valence-corrected chi connectivity index (χ4v) is 4.26. The number of amides is 1. The molecule has 1 aromatic carbocycles. The number of rotatable bonds is 3. The Morgan fingerprint density at radius 1 is 1.21 bits per heavy atom. The number of hydrogen-bond donors (Lipinski definition) is 2. The summed E-state index contributed by atoms with van der Waals surface area (Å²) in [5, 5.41) is 22.9. The number of hydrogen-bond acceptors (Lipinski definition) is 3. The van der Waals surface area contributed by atoms with Crippen LogP contribution < -0.4 is 0 Å². The molecule has 1 fully saturated rings. The molecule has 0 saturated carbocycles. The summed E-state index contributed by atoms with van der Waals surface area (Å²) in [5.74, 6) is 0. The van der Waals surface area contributed by atoms with Crippen LogP contribution >= 0.6 is 0 Å². The lowest BCUT2D eigenvalue weighted by atomic mass is 9.64. The fourth-order valence-electron chi connectivity index (χ4n) is 4.26. The van der Waals surface area contributed by atoms with E-state index in [0.29, 0.717) is 43.6 Å². The number of aromatic nitrogens is 2. The van der Waals surface area contributed by atoms with Crippen LogP contribution in [0.25, 0.3) is 11.3 Å². The lowest BCUT2D eigenvalue weighted by molar-refractivity contribution is -0.137. The highest BCUT2D eigenvalue weighted by Crippen LogP contribution is 2.51. The molecule has 2 N–H and O–H groups in total. The molecule has 1 aromatic heterocycles. The SMILES string of the molecule is O=C(O)N1CCC2(C=C(c3c(CO)cnn3-c3ccccc3C(F)(F)F)C2)CC1. The maximum absolute atomic E-state index is 13.5. The van der Waals surface area contributed by atoms with Crippen molar-refractivity contribution in [3.8, 4) is 5.69 Å². The molecule has 0 radical (unpaired) electrons. The molecule has 0 atom stereocenters. The standard InChI is InChI=1S/C20H20F3N3O3/c21-20(22,23)15-3-1-2-4-16(15)26-17(14(12-27)11-24-26)13-9-19(10-13)5-7-25(8-6-19)18(28)29/h1-4,9,11,27H,5-8,10,12H2,(H,28,29). The zero-order chi connectivity index (χ0) is 20.8. The second-order valence-electron chi connectivity index (χ2n) is 7.58. The fraction of sp³-hybridized carbons (Fsp3) is 0.400. The van der Waals surface area contributed by atoms with Gasteiger partial charge in [0.1, 0.15) is 0 Å². The second kappa shape index (κ2) is 6.91. The minimum Gasteiger partial charge on any atom is -0.465 e. The molecule has 29 heavy (non-hydrogen) atoms. The van der Waals surface area contributed by atoms with Gasteiger partial charge >= 0.3 is 12.3 Å². The van der Waals surface area contributed by atoms with Crippen LogP contribution in [-0.2, 0) is 12.8 Å². The first-order chi connectivity index (χ1) is 13.7. The molecule has 1 amide bonds. The molecule has 1 saturated heterocycles. The van der Waals surface area contributed by atoms with E-state index in [1.165, 1.54) is 34.0 Å². The summed E-state index contributed by atoms with van der Waals surface area (Å²) in [6, 6.07) is 5.22. The number of likely N-dealkylation sites (tertiary alicyclic amines) is 1. The third-order valence-electron chi connectivity index (χ3n) is 5.81. The van der Waals surface area contributed by atoms with E-state index in [4.69, 9.17) is 5.11 Å². The first-order valence-corrected chi connectivity index (χ1v) is 9.28. The largest absolute Gasteiger partial charge is 0.465 e. The van der Waals surface area contributed by atoms with Crippen LogP contribution in [0.3, 0.4) is 0 Å². The lowest BCUT2D eigenvalue weighted by Gasteiger charge is -2.45. The number of aliphatic hydroxyl groups is 1. The Morgan fingerprint density at radius 2 is 1.86 bits per heavy atom. The molecule has 154 valence electrons. The molecule has 1 aliphatic heterocycles. The van der Waals surface area contributed by atoms with Crippen molar-refractivity contribution in [3.63, 3.8) is 0 Å². The summed E-state index contributed by atoms with van der Waals surface area (Å²) < 4.78 is 41.7. The van der Waals surface area contributed by atoms with Crippen molar-refractivity contribution in [1.29, 1.82) is 0 Å². The highest BCUT2D eigenvalue weighted by atomic mass is 19.4. The van der Waals surface area contributed by atoms with Crippen molar-refractivity contribution >= 4 is 11.7 Å². The van der Waals surface area contributed by atoms with E-state index in [0.717, 1.165) is 11.6 Å². The molecule has 2 aliphatic rings. The Bertz CT molecular complexity index is 973. The van der Waals surface area contributed by atoms with Crippen molar-refractivity contribution in [2.45, 2.75) is 32.0 Å². The number of carboxylic acid groups (broad SMARTS) is 1. The third kappa shape index (κ3) is 3.39. The number of para-hydroxylation sites is 1. The predicted octanol–water partition coefficient (Wildman–Crippen LogP) is 3.93. The van der Waals surface area contributed by atoms with Gasteiger partial charge in [-0.1, -0.05) is 18.2 Å². The molecule has 2 aromatic rings. The van der Waals surface area contributed by atoms with Crippen LogP contribution in [0.2, 0.25) is 0 Å². The maximum atomic E-state index is 13.5.